The first kappa shape index (κ1) is 18.9. The number of hydrogen-bond donors (Lipinski definition) is 2. The summed E-state index contributed by atoms with van der Waals surface area (Å²) in [6.45, 7) is 7.13. The van der Waals surface area contributed by atoms with Gasteiger partial charge in [0.25, 0.3) is 5.91 Å². The van der Waals surface area contributed by atoms with Crippen molar-refractivity contribution in [3.63, 3.8) is 0 Å². The maximum absolute atomic E-state index is 12.9. The van der Waals surface area contributed by atoms with Crippen molar-refractivity contribution in [2.75, 3.05) is 19.6 Å². The molecular weight excluding hydrogens is 326 g/mol. The quantitative estimate of drug-likeness (QED) is 0.839. The summed E-state index contributed by atoms with van der Waals surface area (Å²) < 4.78 is 26.8. The minimum atomic E-state index is -3.58. The predicted octanol–water partition coefficient (Wildman–Crippen LogP) is 1.49. The number of piperidine rings is 1. The number of nitrogens with two attached hydrogens (primary N) is 1. The van der Waals surface area contributed by atoms with Crippen LogP contribution >= 0.6 is 0 Å². The van der Waals surface area contributed by atoms with Gasteiger partial charge in [0, 0.05) is 31.2 Å². The molecule has 2 rings (SSSR count). The number of carbonyl (C=O) groups is 1. The Morgan fingerprint density at radius 2 is 2.17 bits per heavy atom. The first-order valence-electron chi connectivity index (χ1n) is 8.41. The Labute approximate surface area is 144 Å². The second-order valence-corrected chi connectivity index (χ2v) is 8.26. The molecule has 1 fully saturated rings. The molecule has 6 nitrogen and oxygen atoms in total. The Bertz CT molecular complexity index is 701. The maximum atomic E-state index is 12.9. The standard InChI is InChI=1S/C17H27N3O3S/c1-4-19-24(22,23)15-8-7-12(2)16(10-15)17(21)20-9-5-6-14(11-20)13(3)18/h7-8,10,13-14,19H,4-6,9,11,18H2,1-3H3. The van der Waals surface area contributed by atoms with Crippen molar-refractivity contribution in [3.8, 4) is 0 Å². The number of benzene rings is 1. The van der Waals surface area contributed by atoms with Crippen LogP contribution in [0.25, 0.3) is 0 Å². The first-order valence-corrected chi connectivity index (χ1v) is 9.89. The number of aryl methyl sites for hydroxylation is 1. The molecule has 2 unspecified atom stereocenters. The highest BCUT2D eigenvalue weighted by molar-refractivity contribution is 7.89. The topological polar surface area (TPSA) is 92.5 Å². The second kappa shape index (κ2) is 7.63. The number of sulfonamides is 1. The molecule has 1 aromatic rings. The normalized spacial score (nSPS) is 20.0. The molecule has 134 valence electrons. The average molecular weight is 353 g/mol. The molecule has 0 bridgehead atoms. The molecule has 1 heterocycles. The number of rotatable bonds is 5. The van der Waals surface area contributed by atoms with Crippen molar-refractivity contribution in [3.05, 3.63) is 29.3 Å². The third-order valence-electron chi connectivity index (χ3n) is 4.57. The summed E-state index contributed by atoms with van der Waals surface area (Å²) in [5, 5.41) is 0. The van der Waals surface area contributed by atoms with E-state index in [9.17, 15) is 13.2 Å². The van der Waals surface area contributed by atoms with Crippen LogP contribution in [0, 0.1) is 12.8 Å². The van der Waals surface area contributed by atoms with Gasteiger partial charge in [0.1, 0.15) is 0 Å². The van der Waals surface area contributed by atoms with Gasteiger partial charge in [-0.3, -0.25) is 4.79 Å². The fourth-order valence-corrected chi connectivity index (χ4v) is 4.13. The highest BCUT2D eigenvalue weighted by Crippen LogP contribution is 2.23. The molecule has 24 heavy (non-hydrogen) atoms. The van der Waals surface area contributed by atoms with Crippen LogP contribution in [-0.4, -0.2) is 44.9 Å². The van der Waals surface area contributed by atoms with E-state index in [2.05, 4.69) is 4.72 Å². The minimum absolute atomic E-state index is 0.0437. The fourth-order valence-electron chi connectivity index (χ4n) is 3.07. The van der Waals surface area contributed by atoms with Gasteiger partial charge < -0.3 is 10.6 Å². The minimum Gasteiger partial charge on any atom is -0.338 e. The molecule has 0 spiro atoms. The number of hydrogen-bond acceptors (Lipinski definition) is 4. The van der Waals surface area contributed by atoms with Gasteiger partial charge in [0.2, 0.25) is 10.0 Å². The van der Waals surface area contributed by atoms with Crippen LogP contribution in [0.3, 0.4) is 0 Å². The largest absolute Gasteiger partial charge is 0.338 e. The number of amides is 1. The monoisotopic (exact) mass is 353 g/mol. The summed E-state index contributed by atoms with van der Waals surface area (Å²) in [5.74, 6) is 0.170. The molecule has 0 radical (unpaired) electrons. The number of nitrogens with one attached hydrogen (secondary N) is 1. The van der Waals surface area contributed by atoms with Crippen LogP contribution in [0.2, 0.25) is 0 Å². The van der Waals surface area contributed by atoms with Crippen molar-refractivity contribution >= 4 is 15.9 Å². The van der Waals surface area contributed by atoms with Gasteiger partial charge in [-0.2, -0.15) is 0 Å². The molecule has 0 aliphatic carbocycles. The van der Waals surface area contributed by atoms with Crippen LogP contribution in [0.4, 0.5) is 0 Å². The average Bonchev–Trinajstić information content (AvgIpc) is 2.54. The van der Waals surface area contributed by atoms with E-state index in [4.69, 9.17) is 5.73 Å². The maximum Gasteiger partial charge on any atom is 0.254 e. The van der Waals surface area contributed by atoms with E-state index in [0.717, 1.165) is 18.4 Å². The Morgan fingerprint density at radius 1 is 1.46 bits per heavy atom. The highest BCUT2D eigenvalue weighted by Gasteiger charge is 2.28. The number of likely N-dealkylation sites (tertiary alicyclic amines) is 1. The van der Waals surface area contributed by atoms with Gasteiger partial charge in [-0.1, -0.05) is 13.0 Å². The van der Waals surface area contributed by atoms with E-state index in [1.165, 1.54) is 12.1 Å². The summed E-state index contributed by atoms with van der Waals surface area (Å²) in [4.78, 5) is 14.8. The van der Waals surface area contributed by atoms with Crippen molar-refractivity contribution in [1.29, 1.82) is 0 Å². The van der Waals surface area contributed by atoms with E-state index in [1.807, 2.05) is 13.8 Å². The third-order valence-corrected chi connectivity index (χ3v) is 6.12. The molecular formula is C17H27N3O3S. The van der Waals surface area contributed by atoms with Crippen LogP contribution in [0.5, 0.6) is 0 Å². The molecule has 3 N–H and O–H groups in total. The van der Waals surface area contributed by atoms with Crippen LogP contribution < -0.4 is 10.5 Å². The zero-order chi connectivity index (χ0) is 17.9. The molecule has 1 aliphatic heterocycles. The lowest BCUT2D eigenvalue weighted by atomic mass is 9.91. The Balaban J connectivity index is 2.29. The Morgan fingerprint density at radius 3 is 2.79 bits per heavy atom. The van der Waals surface area contributed by atoms with Gasteiger partial charge in [0.15, 0.2) is 0 Å². The van der Waals surface area contributed by atoms with E-state index in [0.29, 0.717) is 25.2 Å². The third kappa shape index (κ3) is 4.15. The van der Waals surface area contributed by atoms with E-state index in [1.54, 1.807) is 17.9 Å². The van der Waals surface area contributed by atoms with Crippen molar-refractivity contribution in [2.45, 2.75) is 44.6 Å². The molecule has 7 heteroatoms. The highest BCUT2D eigenvalue weighted by atomic mass is 32.2. The van der Waals surface area contributed by atoms with Crippen LogP contribution in [0.15, 0.2) is 23.1 Å². The molecule has 1 aromatic carbocycles. The molecule has 0 aromatic heterocycles. The Kier molecular flexibility index (Phi) is 6.01. The first-order chi connectivity index (χ1) is 11.3. The second-order valence-electron chi connectivity index (χ2n) is 6.49. The van der Waals surface area contributed by atoms with E-state index >= 15 is 0 Å². The van der Waals surface area contributed by atoms with Gasteiger partial charge >= 0.3 is 0 Å². The van der Waals surface area contributed by atoms with Crippen LogP contribution in [0.1, 0.15) is 42.6 Å². The van der Waals surface area contributed by atoms with E-state index < -0.39 is 10.0 Å². The summed E-state index contributed by atoms with van der Waals surface area (Å²) >= 11 is 0. The predicted molar refractivity (Wildman–Crippen MR) is 94.3 cm³/mol. The molecule has 2 atom stereocenters. The van der Waals surface area contributed by atoms with Gasteiger partial charge in [-0.15, -0.1) is 0 Å². The lowest BCUT2D eigenvalue weighted by molar-refractivity contribution is 0.0660. The zero-order valence-electron chi connectivity index (χ0n) is 14.6. The van der Waals surface area contributed by atoms with Gasteiger partial charge in [-0.05, 0) is 50.3 Å². The lowest BCUT2D eigenvalue weighted by Crippen LogP contribution is -2.45. The fraction of sp³-hybridized carbons (Fsp3) is 0.588. The summed E-state index contributed by atoms with van der Waals surface area (Å²) in [6, 6.07) is 4.74. The number of carbonyl (C=O) groups excluding carboxylic acids is 1. The zero-order valence-corrected chi connectivity index (χ0v) is 15.4. The van der Waals surface area contributed by atoms with Crippen molar-refractivity contribution in [1.82, 2.24) is 9.62 Å². The molecule has 1 amide bonds. The lowest BCUT2D eigenvalue weighted by Gasteiger charge is -2.35. The Hall–Kier alpha value is -1.44. The summed E-state index contributed by atoms with van der Waals surface area (Å²) in [6.07, 6.45) is 1.95. The van der Waals surface area contributed by atoms with Gasteiger partial charge in [0.05, 0.1) is 4.90 Å². The van der Waals surface area contributed by atoms with Gasteiger partial charge in [-0.25, -0.2) is 13.1 Å². The summed E-state index contributed by atoms with van der Waals surface area (Å²) in [7, 11) is -3.58. The smallest absolute Gasteiger partial charge is 0.254 e. The van der Waals surface area contributed by atoms with Crippen molar-refractivity contribution < 1.29 is 13.2 Å². The number of nitrogens with zero attached hydrogens (tertiary/aromatic N) is 1. The molecule has 0 saturated carbocycles. The van der Waals surface area contributed by atoms with Crippen LogP contribution in [-0.2, 0) is 10.0 Å². The molecule has 1 saturated heterocycles. The van der Waals surface area contributed by atoms with E-state index in [-0.39, 0.29) is 22.8 Å². The SMILES string of the molecule is CCNS(=O)(=O)c1ccc(C)c(C(=O)N2CCCC(C(C)N)C2)c1. The summed E-state index contributed by atoms with van der Waals surface area (Å²) in [5.41, 5.74) is 7.21. The molecule has 1 aliphatic rings. The van der Waals surface area contributed by atoms with Crippen molar-refractivity contribution in [2.24, 2.45) is 11.7 Å².